The molecule has 9 heteroatoms. The van der Waals surface area contributed by atoms with Gasteiger partial charge in [0.15, 0.2) is 11.0 Å². The lowest BCUT2D eigenvalue weighted by atomic mass is 9.75. The first-order valence-corrected chi connectivity index (χ1v) is 13.8. The van der Waals surface area contributed by atoms with Crippen molar-refractivity contribution >= 4 is 16.9 Å². The number of nitrogens with zero attached hydrogens (tertiary/aromatic N) is 2. The van der Waals surface area contributed by atoms with Crippen LogP contribution in [0.15, 0.2) is 27.8 Å². The molecule has 2 aliphatic heterocycles. The molecule has 1 saturated carbocycles. The highest BCUT2D eigenvalue weighted by Crippen LogP contribution is 2.44. The number of fused-ring (bicyclic) bond motifs is 5. The van der Waals surface area contributed by atoms with Gasteiger partial charge >= 0.3 is 5.97 Å². The van der Waals surface area contributed by atoms with E-state index in [-0.39, 0.29) is 59.5 Å². The highest BCUT2D eigenvalue weighted by molar-refractivity contribution is 5.88. The zero-order valence-corrected chi connectivity index (χ0v) is 22.6. The number of carbonyl (C=O) groups excluding carboxylic acids is 1. The van der Waals surface area contributed by atoms with E-state index in [0.717, 1.165) is 25.7 Å². The van der Waals surface area contributed by atoms with Gasteiger partial charge < -0.3 is 24.7 Å². The number of nitrogens with two attached hydrogens (primary N) is 1. The number of halogens is 1. The summed E-state index contributed by atoms with van der Waals surface area (Å²) in [6.07, 6.45) is 4.15. The van der Waals surface area contributed by atoms with Crippen LogP contribution in [0, 0.1) is 11.2 Å². The predicted octanol–water partition coefficient (Wildman–Crippen LogP) is 3.63. The first-order chi connectivity index (χ1) is 18.5. The largest absolute Gasteiger partial charge is 0.458 e. The van der Waals surface area contributed by atoms with Crippen LogP contribution in [0.4, 0.5) is 4.39 Å². The number of pyridine rings is 2. The van der Waals surface area contributed by atoms with Crippen LogP contribution in [0.25, 0.3) is 22.2 Å². The summed E-state index contributed by atoms with van der Waals surface area (Å²) in [6, 6.07) is 4.71. The average molecular weight is 536 g/mol. The van der Waals surface area contributed by atoms with Crippen molar-refractivity contribution in [2.45, 2.75) is 84.1 Å². The zero-order chi connectivity index (χ0) is 27.9. The Bertz CT molecular complexity index is 1660. The lowest BCUT2D eigenvalue weighted by Crippen LogP contribution is -2.44. The van der Waals surface area contributed by atoms with E-state index in [0.29, 0.717) is 34.5 Å². The number of aliphatic hydroxyl groups is 1. The van der Waals surface area contributed by atoms with E-state index in [1.165, 1.54) is 10.6 Å². The summed E-state index contributed by atoms with van der Waals surface area (Å²) in [5.74, 6) is -1.29. The van der Waals surface area contributed by atoms with Gasteiger partial charge in [0.2, 0.25) is 0 Å². The van der Waals surface area contributed by atoms with Gasteiger partial charge in [-0.3, -0.25) is 9.59 Å². The van der Waals surface area contributed by atoms with Crippen LogP contribution in [-0.4, -0.2) is 26.8 Å². The van der Waals surface area contributed by atoms with Gasteiger partial charge in [-0.25, -0.2) is 9.18 Å². The second-order valence-electron chi connectivity index (χ2n) is 12.0. The highest BCUT2D eigenvalue weighted by Gasteiger charge is 2.46. The van der Waals surface area contributed by atoms with Crippen LogP contribution in [0.2, 0.25) is 0 Å². The molecule has 1 aliphatic carbocycles. The Morgan fingerprint density at radius 2 is 1.87 bits per heavy atom. The minimum Gasteiger partial charge on any atom is -0.458 e. The molecule has 3 aromatic rings. The van der Waals surface area contributed by atoms with Gasteiger partial charge in [0.25, 0.3) is 5.56 Å². The number of aromatic nitrogens is 2. The molecule has 4 heterocycles. The molecular formula is C30H34FN3O5. The number of hydrogen-bond donors (Lipinski definition) is 2. The average Bonchev–Trinajstić information content (AvgIpc) is 3.28. The van der Waals surface area contributed by atoms with Crippen LogP contribution in [0.3, 0.4) is 0 Å². The highest BCUT2D eigenvalue weighted by atomic mass is 19.1. The first kappa shape index (κ1) is 26.0. The Morgan fingerprint density at radius 3 is 2.54 bits per heavy atom. The molecule has 0 saturated heterocycles. The summed E-state index contributed by atoms with van der Waals surface area (Å²) in [5, 5.41) is 11.5. The smallest absolute Gasteiger partial charge is 0.343 e. The molecule has 1 fully saturated rings. The van der Waals surface area contributed by atoms with E-state index < -0.39 is 22.9 Å². The predicted molar refractivity (Wildman–Crippen MR) is 145 cm³/mol. The number of hydrogen-bond acceptors (Lipinski definition) is 6. The molecule has 2 aromatic heterocycles. The minimum atomic E-state index is -1.97. The lowest BCUT2D eigenvalue weighted by molar-refractivity contribution is -0.172. The van der Waals surface area contributed by atoms with Crippen LogP contribution in [0.1, 0.15) is 81.3 Å². The van der Waals surface area contributed by atoms with Gasteiger partial charge in [-0.2, -0.15) is 0 Å². The molecule has 1 aromatic carbocycles. The van der Waals surface area contributed by atoms with E-state index in [1.807, 2.05) is 0 Å². The maximum Gasteiger partial charge on any atom is 0.343 e. The topological polar surface area (TPSA) is 117 Å². The standard InChI is InChI=1S/C30H34FN3O5/c1-4-30(38)20-13-23-25-24(14-33(23)27(36)19(20)15-39-28(30)37)34(17-5-8-29(2,3)9-6-17)22-11-16(7-10-32)21(31)12-18(22)26(25)35/h11-13,17,38H,4-10,14-15,32H2,1-3H3/t30-/m0/s1. The van der Waals surface area contributed by atoms with Crippen molar-refractivity contribution in [3.8, 4) is 11.3 Å². The second kappa shape index (κ2) is 8.86. The minimum absolute atomic E-state index is 0.0174. The van der Waals surface area contributed by atoms with Crippen molar-refractivity contribution in [3.05, 3.63) is 67.0 Å². The summed E-state index contributed by atoms with van der Waals surface area (Å²) in [7, 11) is 0. The molecule has 6 rings (SSSR count). The molecule has 3 N–H and O–H groups in total. The van der Waals surface area contributed by atoms with E-state index in [2.05, 4.69) is 18.4 Å². The molecule has 206 valence electrons. The monoisotopic (exact) mass is 535 g/mol. The number of ether oxygens (including phenoxy) is 1. The van der Waals surface area contributed by atoms with Gasteiger partial charge in [0, 0.05) is 17.0 Å². The summed E-state index contributed by atoms with van der Waals surface area (Å²) in [4.78, 5) is 40.3. The normalized spacial score (nSPS) is 21.9. The first-order valence-electron chi connectivity index (χ1n) is 13.8. The molecule has 1 atom stereocenters. The van der Waals surface area contributed by atoms with Crippen molar-refractivity contribution < 1.29 is 19.0 Å². The molecule has 0 spiro atoms. The third-order valence-electron chi connectivity index (χ3n) is 9.17. The molecule has 0 bridgehead atoms. The lowest BCUT2D eigenvalue weighted by Gasteiger charge is -2.37. The number of carbonyl (C=O) groups is 1. The summed E-state index contributed by atoms with van der Waals surface area (Å²) in [6.45, 7) is 6.37. The number of benzene rings is 1. The van der Waals surface area contributed by atoms with Crippen LogP contribution in [-0.2, 0) is 34.7 Å². The molecule has 0 unspecified atom stereocenters. The maximum atomic E-state index is 15.1. The molecule has 39 heavy (non-hydrogen) atoms. The van der Waals surface area contributed by atoms with E-state index >= 15 is 4.39 Å². The summed E-state index contributed by atoms with van der Waals surface area (Å²) < 4.78 is 24.0. The number of cyclic esters (lactones) is 1. The van der Waals surface area contributed by atoms with Gasteiger partial charge in [-0.1, -0.05) is 20.8 Å². The molecule has 0 radical (unpaired) electrons. The Balaban J connectivity index is 1.66. The van der Waals surface area contributed by atoms with E-state index in [9.17, 15) is 19.5 Å². The molecule has 8 nitrogen and oxygen atoms in total. The van der Waals surface area contributed by atoms with Crippen LogP contribution in [0.5, 0.6) is 0 Å². The van der Waals surface area contributed by atoms with Crippen molar-refractivity contribution in [2.75, 3.05) is 6.54 Å². The van der Waals surface area contributed by atoms with Gasteiger partial charge in [-0.15, -0.1) is 0 Å². The fourth-order valence-corrected chi connectivity index (χ4v) is 6.76. The summed E-state index contributed by atoms with van der Waals surface area (Å²) in [5.41, 5.74) is 6.12. The van der Waals surface area contributed by atoms with E-state index in [4.69, 9.17) is 10.5 Å². The third-order valence-corrected chi connectivity index (χ3v) is 9.17. The number of esters is 1. The van der Waals surface area contributed by atoms with E-state index in [1.54, 1.807) is 19.1 Å². The fourth-order valence-electron chi connectivity index (χ4n) is 6.76. The van der Waals surface area contributed by atoms with Crippen molar-refractivity contribution in [2.24, 2.45) is 11.1 Å². The van der Waals surface area contributed by atoms with Gasteiger partial charge in [0.05, 0.1) is 34.6 Å². The Kier molecular flexibility index (Phi) is 5.89. The molecular weight excluding hydrogens is 501 g/mol. The molecule has 0 amide bonds. The number of rotatable bonds is 4. The van der Waals surface area contributed by atoms with Crippen molar-refractivity contribution in [3.63, 3.8) is 0 Å². The Hall–Kier alpha value is -3.30. The van der Waals surface area contributed by atoms with Crippen molar-refractivity contribution in [1.82, 2.24) is 9.13 Å². The maximum absolute atomic E-state index is 15.1. The molecule has 3 aliphatic rings. The second-order valence-corrected chi connectivity index (χ2v) is 12.0. The van der Waals surface area contributed by atoms with Crippen molar-refractivity contribution in [1.29, 1.82) is 0 Å². The third kappa shape index (κ3) is 3.73. The SMILES string of the molecule is CC[C@@]1(O)C(=O)OCc2c1cc1n(c2=O)Cc2c-1c(=O)c1cc(F)c(CCN)cc1n2C1CCC(C)(C)CC1. The van der Waals surface area contributed by atoms with Gasteiger partial charge in [-0.05, 0) is 74.2 Å². The van der Waals surface area contributed by atoms with Crippen LogP contribution < -0.4 is 16.7 Å². The Morgan fingerprint density at radius 1 is 1.15 bits per heavy atom. The fraction of sp³-hybridized carbons (Fsp3) is 0.500. The summed E-state index contributed by atoms with van der Waals surface area (Å²) >= 11 is 0. The zero-order valence-electron chi connectivity index (χ0n) is 22.6. The Labute approximate surface area is 225 Å². The van der Waals surface area contributed by atoms with Crippen LogP contribution >= 0.6 is 0 Å². The quantitative estimate of drug-likeness (QED) is 0.386. The van der Waals surface area contributed by atoms with Gasteiger partial charge in [0.1, 0.15) is 12.4 Å².